The minimum Gasteiger partial charge on any atom is -0.299 e. The lowest BCUT2D eigenvalue weighted by atomic mass is 10.2. The van der Waals surface area contributed by atoms with E-state index in [0.29, 0.717) is 5.88 Å². The maximum absolute atomic E-state index is 5.53. The van der Waals surface area contributed by atoms with Gasteiger partial charge in [-0.25, -0.2) is 0 Å². The molecule has 1 saturated heterocycles. The summed E-state index contributed by atoms with van der Waals surface area (Å²) in [6.07, 6.45) is 2.76. The van der Waals surface area contributed by atoms with Crippen LogP contribution in [0, 0.1) is 0 Å². The van der Waals surface area contributed by atoms with Crippen molar-refractivity contribution in [3.8, 4) is 0 Å². The molecule has 3 heteroatoms. The van der Waals surface area contributed by atoms with Crippen LogP contribution in [0.15, 0.2) is 60.7 Å². The van der Waals surface area contributed by atoms with E-state index >= 15 is 0 Å². The Morgan fingerprint density at radius 2 is 1.24 bits per heavy atom. The Bertz CT molecular complexity index is 467. The van der Waals surface area contributed by atoms with E-state index in [1.807, 2.05) is 30.3 Å². The third kappa shape index (κ3) is 6.99. The summed E-state index contributed by atoms with van der Waals surface area (Å²) in [6, 6.07) is 20.7. The Kier molecular flexibility index (Phi) is 9.16. The number of nitrogens with zero attached hydrogens (tertiary/aromatic N) is 1. The van der Waals surface area contributed by atoms with Crippen molar-refractivity contribution in [3.63, 3.8) is 0 Å². The van der Waals surface area contributed by atoms with Crippen LogP contribution in [-0.4, -0.2) is 18.0 Å². The fourth-order valence-electron chi connectivity index (χ4n) is 2.35. The Morgan fingerprint density at radius 1 is 0.762 bits per heavy atom. The summed E-state index contributed by atoms with van der Waals surface area (Å²) in [5, 5.41) is 0. The lowest BCUT2D eigenvalue weighted by molar-refractivity contribution is 0.331. The van der Waals surface area contributed by atoms with Crippen LogP contribution in [0.4, 0.5) is 0 Å². The Balaban J connectivity index is 0.000000216. The second-order valence-electron chi connectivity index (χ2n) is 5.09. The molecule has 0 aromatic heterocycles. The summed E-state index contributed by atoms with van der Waals surface area (Å²) in [5.74, 6) is 0.612. The second kappa shape index (κ2) is 10.7. The van der Waals surface area contributed by atoms with Crippen LogP contribution < -0.4 is 0 Å². The summed E-state index contributed by atoms with van der Waals surface area (Å²) in [4.78, 5) is 2.52. The number of hydrogen-bond acceptors (Lipinski definition) is 1. The first-order valence-electron chi connectivity index (χ1n) is 7.24. The zero-order valence-corrected chi connectivity index (χ0v) is 13.8. The highest BCUT2D eigenvalue weighted by Crippen LogP contribution is 2.11. The average molecular weight is 324 g/mol. The first-order chi connectivity index (χ1) is 9.88. The van der Waals surface area contributed by atoms with Gasteiger partial charge in [-0.3, -0.25) is 4.90 Å². The van der Waals surface area contributed by atoms with Gasteiger partial charge in [-0.1, -0.05) is 60.7 Å². The summed E-state index contributed by atoms with van der Waals surface area (Å²) in [5.41, 5.74) is 2.62. The Hall–Kier alpha value is -1.02. The minimum absolute atomic E-state index is 0. The number of hydrogen-bond donors (Lipinski definition) is 0. The summed E-state index contributed by atoms with van der Waals surface area (Å²) in [6.45, 7) is 3.71. The Labute approximate surface area is 139 Å². The van der Waals surface area contributed by atoms with Crippen molar-refractivity contribution in [2.45, 2.75) is 25.3 Å². The van der Waals surface area contributed by atoms with Gasteiger partial charge in [0, 0.05) is 12.4 Å². The fourth-order valence-corrected chi connectivity index (χ4v) is 2.53. The van der Waals surface area contributed by atoms with Gasteiger partial charge in [0.2, 0.25) is 0 Å². The molecule has 0 radical (unpaired) electrons. The predicted octanol–water partition coefficient (Wildman–Crippen LogP) is 5.13. The molecule has 0 amide bonds. The first kappa shape index (κ1) is 18.0. The lowest BCUT2D eigenvalue weighted by Gasteiger charge is -2.13. The molecule has 1 heterocycles. The second-order valence-corrected chi connectivity index (χ2v) is 5.36. The quantitative estimate of drug-likeness (QED) is 0.708. The largest absolute Gasteiger partial charge is 0.299 e. The standard InChI is InChI=1S/C11H15N.C7H7Cl.ClH/c1-2-6-11(7-3-1)10-12-8-4-5-9-12;8-6-7-4-2-1-3-5-7;/h1-3,6-7H,4-5,8-10H2;1-5H,6H2;1H. The number of halogens is 2. The molecule has 0 bridgehead atoms. The fraction of sp³-hybridized carbons (Fsp3) is 0.333. The molecular weight excluding hydrogens is 301 g/mol. The van der Waals surface area contributed by atoms with E-state index in [1.54, 1.807) is 0 Å². The minimum atomic E-state index is 0. The zero-order valence-electron chi connectivity index (χ0n) is 12.2. The van der Waals surface area contributed by atoms with Gasteiger partial charge in [0.25, 0.3) is 0 Å². The molecule has 0 aliphatic carbocycles. The van der Waals surface area contributed by atoms with E-state index in [4.69, 9.17) is 11.6 Å². The van der Waals surface area contributed by atoms with Crippen molar-refractivity contribution in [2.75, 3.05) is 13.1 Å². The van der Waals surface area contributed by atoms with Gasteiger partial charge in [0.1, 0.15) is 0 Å². The third-order valence-electron chi connectivity index (χ3n) is 3.44. The van der Waals surface area contributed by atoms with Crippen LogP contribution in [0.3, 0.4) is 0 Å². The van der Waals surface area contributed by atoms with Gasteiger partial charge in [0.05, 0.1) is 0 Å². The van der Waals surface area contributed by atoms with Crippen molar-refractivity contribution in [2.24, 2.45) is 0 Å². The van der Waals surface area contributed by atoms with E-state index < -0.39 is 0 Å². The highest BCUT2D eigenvalue weighted by molar-refractivity contribution is 6.17. The lowest BCUT2D eigenvalue weighted by Crippen LogP contribution is -2.18. The molecule has 1 aliphatic rings. The van der Waals surface area contributed by atoms with Crippen molar-refractivity contribution < 1.29 is 0 Å². The molecule has 21 heavy (non-hydrogen) atoms. The molecule has 2 aromatic carbocycles. The summed E-state index contributed by atoms with van der Waals surface area (Å²) in [7, 11) is 0. The van der Waals surface area contributed by atoms with Gasteiger partial charge in [0.15, 0.2) is 0 Å². The predicted molar refractivity (Wildman–Crippen MR) is 94.2 cm³/mol. The number of alkyl halides is 1. The van der Waals surface area contributed by atoms with Crippen LogP contribution >= 0.6 is 24.0 Å². The average Bonchev–Trinajstić information content (AvgIpc) is 3.03. The topological polar surface area (TPSA) is 3.24 Å². The number of likely N-dealkylation sites (tertiary alicyclic amines) is 1. The normalized spacial score (nSPS) is 14.0. The van der Waals surface area contributed by atoms with E-state index in [2.05, 4.69) is 35.2 Å². The molecule has 0 atom stereocenters. The van der Waals surface area contributed by atoms with Crippen molar-refractivity contribution in [1.29, 1.82) is 0 Å². The first-order valence-corrected chi connectivity index (χ1v) is 7.78. The SMILES string of the molecule is Cl.ClCc1ccccc1.c1ccc(CN2CCCC2)cc1. The number of benzene rings is 2. The van der Waals surface area contributed by atoms with Gasteiger partial charge < -0.3 is 0 Å². The van der Waals surface area contributed by atoms with E-state index in [1.165, 1.54) is 37.1 Å². The van der Waals surface area contributed by atoms with Crippen molar-refractivity contribution in [1.82, 2.24) is 4.90 Å². The smallest absolute Gasteiger partial charge is 0.0474 e. The number of rotatable bonds is 3. The van der Waals surface area contributed by atoms with Crippen molar-refractivity contribution in [3.05, 3.63) is 71.8 Å². The van der Waals surface area contributed by atoms with Crippen LogP contribution in [0.1, 0.15) is 24.0 Å². The molecule has 0 spiro atoms. The van der Waals surface area contributed by atoms with Crippen molar-refractivity contribution >= 4 is 24.0 Å². The molecule has 2 aromatic rings. The maximum atomic E-state index is 5.53. The van der Waals surface area contributed by atoms with Crippen LogP contribution in [0.25, 0.3) is 0 Å². The Morgan fingerprint density at radius 3 is 1.67 bits per heavy atom. The zero-order chi connectivity index (χ0) is 14.0. The van der Waals surface area contributed by atoms with E-state index in [0.717, 1.165) is 6.54 Å². The molecule has 0 saturated carbocycles. The highest BCUT2D eigenvalue weighted by atomic mass is 35.5. The molecular formula is C18H23Cl2N. The molecule has 1 nitrogen and oxygen atoms in total. The molecule has 1 fully saturated rings. The van der Waals surface area contributed by atoms with Gasteiger partial charge in [-0.2, -0.15) is 0 Å². The molecule has 3 rings (SSSR count). The summed E-state index contributed by atoms with van der Waals surface area (Å²) < 4.78 is 0. The van der Waals surface area contributed by atoms with Crippen LogP contribution in [0.2, 0.25) is 0 Å². The molecule has 1 aliphatic heterocycles. The highest BCUT2D eigenvalue weighted by Gasteiger charge is 2.10. The maximum Gasteiger partial charge on any atom is 0.0474 e. The van der Waals surface area contributed by atoms with E-state index in [9.17, 15) is 0 Å². The monoisotopic (exact) mass is 323 g/mol. The van der Waals surface area contributed by atoms with Crippen LogP contribution in [0.5, 0.6) is 0 Å². The van der Waals surface area contributed by atoms with E-state index in [-0.39, 0.29) is 12.4 Å². The van der Waals surface area contributed by atoms with Gasteiger partial charge in [-0.05, 0) is 37.1 Å². The van der Waals surface area contributed by atoms with Gasteiger partial charge >= 0.3 is 0 Å². The molecule has 114 valence electrons. The third-order valence-corrected chi connectivity index (χ3v) is 3.75. The molecule has 0 unspecified atom stereocenters. The molecule has 0 N–H and O–H groups in total. The summed E-state index contributed by atoms with van der Waals surface area (Å²) >= 11 is 5.53. The van der Waals surface area contributed by atoms with Gasteiger partial charge in [-0.15, -0.1) is 24.0 Å². The van der Waals surface area contributed by atoms with Crippen LogP contribution in [-0.2, 0) is 12.4 Å².